The second-order valence-electron chi connectivity index (χ2n) is 6.96. The minimum absolute atomic E-state index is 0.190. The van der Waals surface area contributed by atoms with Crippen LogP contribution in [0.5, 0.6) is 11.5 Å². The van der Waals surface area contributed by atoms with E-state index in [9.17, 15) is 13.2 Å². The Morgan fingerprint density at radius 1 is 1.13 bits per heavy atom. The van der Waals surface area contributed by atoms with Gasteiger partial charge >= 0.3 is 0 Å². The maximum absolute atomic E-state index is 13.0. The molecule has 0 saturated carbocycles. The summed E-state index contributed by atoms with van der Waals surface area (Å²) in [6, 6.07) is 11.4. The Kier molecular flexibility index (Phi) is 7.38. The fraction of sp³-hybridized carbons (Fsp3) is 0.381. The summed E-state index contributed by atoms with van der Waals surface area (Å²) in [5.41, 5.74) is 0.985. The average Bonchev–Trinajstić information content (AvgIpc) is 3.25. The zero-order valence-corrected chi connectivity index (χ0v) is 19.3. The van der Waals surface area contributed by atoms with Gasteiger partial charge in [-0.1, -0.05) is 22.0 Å². The van der Waals surface area contributed by atoms with E-state index in [1.807, 2.05) is 18.2 Å². The van der Waals surface area contributed by atoms with E-state index in [1.165, 1.54) is 4.31 Å². The standard InChI is InChI=1S/C21H25BrN2O5S/c1-28-19-10-5-15(14-20(19)29-2)11-12-23-21(25)18-4-3-13-24(18)30(26,27)17-8-6-16(22)7-9-17/h5-10,14,18H,3-4,11-13H2,1-2H3,(H,23,25). The summed E-state index contributed by atoms with van der Waals surface area (Å²) >= 11 is 3.31. The fourth-order valence-electron chi connectivity index (χ4n) is 3.52. The van der Waals surface area contributed by atoms with Crippen LogP contribution in [0.1, 0.15) is 18.4 Å². The molecule has 30 heavy (non-hydrogen) atoms. The van der Waals surface area contributed by atoms with Crippen LogP contribution in [0.3, 0.4) is 0 Å². The van der Waals surface area contributed by atoms with Crippen LogP contribution < -0.4 is 14.8 Å². The quantitative estimate of drug-likeness (QED) is 0.607. The highest BCUT2D eigenvalue weighted by atomic mass is 79.9. The van der Waals surface area contributed by atoms with Crippen LogP contribution >= 0.6 is 15.9 Å². The zero-order valence-electron chi connectivity index (χ0n) is 16.9. The first kappa shape index (κ1) is 22.6. The highest BCUT2D eigenvalue weighted by molar-refractivity contribution is 9.10. The minimum Gasteiger partial charge on any atom is -0.493 e. The number of carbonyl (C=O) groups excluding carboxylic acids is 1. The Bertz CT molecular complexity index is 995. The smallest absolute Gasteiger partial charge is 0.243 e. The molecular weight excluding hydrogens is 472 g/mol. The van der Waals surface area contributed by atoms with Crippen molar-refractivity contribution < 1.29 is 22.7 Å². The second kappa shape index (κ2) is 9.80. The third-order valence-electron chi connectivity index (χ3n) is 5.09. The van der Waals surface area contributed by atoms with Crippen molar-refractivity contribution in [1.82, 2.24) is 9.62 Å². The summed E-state index contributed by atoms with van der Waals surface area (Å²) in [5, 5.41) is 2.88. The molecule has 7 nitrogen and oxygen atoms in total. The SMILES string of the molecule is COc1ccc(CCNC(=O)C2CCCN2S(=O)(=O)c2ccc(Br)cc2)cc1OC. The maximum Gasteiger partial charge on any atom is 0.243 e. The number of ether oxygens (including phenoxy) is 2. The summed E-state index contributed by atoms with van der Waals surface area (Å²) in [6.45, 7) is 0.739. The molecule has 1 saturated heterocycles. The number of carbonyl (C=O) groups is 1. The van der Waals surface area contributed by atoms with Gasteiger partial charge in [-0.2, -0.15) is 4.31 Å². The van der Waals surface area contributed by atoms with Gasteiger partial charge < -0.3 is 14.8 Å². The molecule has 2 aromatic carbocycles. The van der Waals surface area contributed by atoms with Gasteiger partial charge in [0.25, 0.3) is 0 Å². The number of amides is 1. The molecule has 0 spiro atoms. The molecule has 1 amide bonds. The van der Waals surface area contributed by atoms with E-state index >= 15 is 0 Å². The van der Waals surface area contributed by atoms with Crippen molar-refractivity contribution >= 4 is 31.9 Å². The molecule has 1 fully saturated rings. The summed E-state index contributed by atoms with van der Waals surface area (Å²) in [5.74, 6) is 1.00. The average molecular weight is 497 g/mol. The number of methoxy groups -OCH3 is 2. The monoisotopic (exact) mass is 496 g/mol. The first-order chi connectivity index (χ1) is 14.4. The largest absolute Gasteiger partial charge is 0.493 e. The first-order valence-electron chi connectivity index (χ1n) is 9.63. The molecule has 1 unspecified atom stereocenters. The van der Waals surface area contributed by atoms with Crippen LogP contribution in [0.4, 0.5) is 0 Å². The van der Waals surface area contributed by atoms with E-state index in [0.29, 0.717) is 43.9 Å². The molecule has 2 aromatic rings. The molecule has 0 bridgehead atoms. The molecular formula is C21H25BrN2O5S. The highest BCUT2D eigenvalue weighted by Gasteiger charge is 2.39. The van der Waals surface area contributed by atoms with Gasteiger partial charge in [0.05, 0.1) is 19.1 Å². The summed E-state index contributed by atoms with van der Waals surface area (Å²) < 4.78 is 38.6. The Hall–Kier alpha value is -2.10. The van der Waals surface area contributed by atoms with Crippen LogP contribution in [-0.2, 0) is 21.2 Å². The number of nitrogens with zero attached hydrogens (tertiary/aromatic N) is 1. The van der Waals surface area contributed by atoms with E-state index in [-0.39, 0.29) is 10.8 Å². The molecule has 162 valence electrons. The van der Waals surface area contributed by atoms with Crippen molar-refractivity contribution in [3.8, 4) is 11.5 Å². The Morgan fingerprint density at radius 3 is 2.50 bits per heavy atom. The van der Waals surface area contributed by atoms with E-state index in [2.05, 4.69) is 21.2 Å². The number of halogens is 1. The lowest BCUT2D eigenvalue weighted by Gasteiger charge is -2.23. The Balaban J connectivity index is 1.63. The maximum atomic E-state index is 13.0. The van der Waals surface area contributed by atoms with Crippen molar-refractivity contribution in [2.24, 2.45) is 0 Å². The fourth-order valence-corrected chi connectivity index (χ4v) is 5.44. The van der Waals surface area contributed by atoms with Crippen molar-refractivity contribution in [3.05, 3.63) is 52.5 Å². The van der Waals surface area contributed by atoms with Crippen molar-refractivity contribution in [1.29, 1.82) is 0 Å². The molecule has 1 aliphatic heterocycles. The lowest BCUT2D eigenvalue weighted by Crippen LogP contribution is -2.46. The number of benzene rings is 2. The van der Waals surface area contributed by atoms with Crippen molar-refractivity contribution in [2.75, 3.05) is 27.3 Å². The minimum atomic E-state index is -3.72. The summed E-state index contributed by atoms with van der Waals surface area (Å²) in [4.78, 5) is 12.9. The van der Waals surface area contributed by atoms with Gasteiger partial charge in [-0.3, -0.25) is 4.79 Å². The van der Waals surface area contributed by atoms with Crippen LogP contribution in [0.15, 0.2) is 51.8 Å². The molecule has 1 atom stereocenters. The van der Waals surface area contributed by atoms with Gasteiger partial charge in [-0.15, -0.1) is 0 Å². The molecule has 1 N–H and O–H groups in total. The van der Waals surface area contributed by atoms with Crippen LogP contribution in [0.2, 0.25) is 0 Å². The van der Waals surface area contributed by atoms with Crippen LogP contribution in [0.25, 0.3) is 0 Å². The number of sulfonamides is 1. The number of hydrogen-bond acceptors (Lipinski definition) is 5. The lowest BCUT2D eigenvalue weighted by molar-refractivity contribution is -0.124. The van der Waals surface area contributed by atoms with Gasteiger partial charge in [-0.25, -0.2) is 8.42 Å². The van der Waals surface area contributed by atoms with Crippen LogP contribution in [-0.4, -0.2) is 52.0 Å². The predicted octanol–water partition coefficient (Wildman–Crippen LogP) is 2.98. The topological polar surface area (TPSA) is 84.9 Å². The van der Waals surface area contributed by atoms with E-state index < -0.39 is 16.1 Å². The molecule has 0 radical (unpaired) electrons. The van der Waals surface area contributed by atoms with Crippen molar-refractivity contribution in [3.63, 3.8) is 0 Å². The van der Waals surface area contributed by atoms with E-state index in [4.69, 9.17) is 9.47 Å². The molecule has 1 aliphatic rings. The zero-order chi connectivity index (χ0) is 21.7. The lowest BCUT2D eigenvalue weighted by atomic mass is 10.1. The van der Waals surface area contributed by atoms with E-state index in [0.717, 1.165) is 10.0 Å². The van der Waals surface area contributed by atoms with Gasteiger partial charge in [0.1, 0.15) is 6.04 Å². The Labute approximate surface area is 185 Å². The van der Waals surface area contributed by atoms with E-state index in [1.54, 1.807) is 38.5 Å². The number of hydrogen-bond donors (Lipinski definition) is 1. The number of nitrogens with one attached hydrogen (secondary N) is 1. The third kappa shape index (κ3) is 4.96. The predicted molar refractivity (Wildman–Crippen MR) is 117 cm³/mol. The molecule has 0 aliphatic carbocycles. The summed E-state index contributed by atoms with van der Waals surface area (Å²) in [7, 11) is -0.572. The molecule has 9 heteroatoms. The first-order valence-corrected chi connectivity index (χ1v) is 11.9. The van der Waals surface area contributed by atoms with Crippen molar-refractivity contribution in [2.45, 2.75) is 30.2 Å². The summed E-state index contributed by atoms with van der Waals surface area (Å²) in [6.07, 6.45) is 1.76. The normalized spacial score (nSPS) is 17.0. The van der Waals surface area contributed by atoms with Gasteiger partial charge in [0.2, 0.25) is 15.9 Å². The van der Waals surface area contributed by atoms with Gasteiger partial charge in [0.15, 0.2) is 11.5 Å². The third-order valence-corrected chi connectivity index (χ3v) is 7.54. The Morgan fingerprint density at radius 2 is 1.83 bits per heavy atom. The number of rotatable bonds is 8. The molecule has 1 heterocycles. The van der Waals surface area contributed by atoms with Crippen LogP contribution in [0, 0.1) is 0 Å². The second-order valence-corrected chi connectivity index (χ2v) is 9.76. The van der Waals surface area contributed by atoms with Gasteiger partial charge in [0, 0.05) is 17.6 Å². The van der Waals surface area contributed by atoms with Gasteiger partial charge in [-0.05, 0) is 61.2 Å². The highest BCUT2D eigenvalue weighted by Crippen LogP contribution is 2.28. The molecule has 3 rings (SSSR count). The molecule has 0 aromatic heterocycles.